The molecule has 0 spiro atoms. The van der Waals surface area contributed by atoms with Gasteiger partial charge in [-0.2, -0.15) is 0 Å². The van der Waals surface area contributed by atoms with E-state index in [1.165, 1.54) is 37.1 Å². The first-order chi connectivity index (χ1) is 12.6. The predicted molar refractivity (Wildman–Crippen MR) is 101 cm³/mol. The molecule has 1 aromatic rings. The predicted octanol–water partition coefficient (Wildman–Crippen LogP) is 2.65. The number of benzene rings is 1. The van der Waals surface area contributed by atoms with Gasteiger partial charge in [0.2, 0.25) is 5.91 Å². The minimum atomic E-state index is -0.980. The molecule has 2 unspecified atom stereocenters. The molecule has 142 valence electrons. The summed E-state index contributed by atoms with van der Waals surface area (Å²) in [6, 6.07) is 9.73. The molecule has 1 aliphatic heterocycles. The summed E-state index contributed by atoms with van der Waals surface area (Å²) in [6.45, 7) is 2.02. The number of anilines is 1. The number of aliphatic carboxylic acids is 1. The quantitative estimate of drug-likeness (QED) is 0.732. The molecule has 0 bridgehead atoms. The molecule has 26 heavy (non-hydrogen) atoms. The number of carbonyl (C=O) groups is 2. The number of hydrogen-bond donors (Lipinski definition) is 2. The molecule has 1 amide bonds. The molecule has 1 heterocycles. The Morgan fingerprint density at radius 2 is 1.77 bits per heavy atom. The fourth-order valence-corrected chi connectivity index (χ4v) is 4.34. The number of para-hydroxylation sites is 1. The molecule has 6 nitrogen and oxygen atoms in total. The van der Waals surface area contributed by atoms with Gasteiger partial charge in [0.15, 0.2) is 0 Å². The Kier molecular flexibility index (Phi) is 6.63. The zero-order valence-electron chi connectivity index (χ0n) is 15.3. The van der Waals surface area contributed by atoms with Gasteiger partial charge in [-0.25, -0.2) is 10.4 Å². The van der Waals surface area contributed by atoms with Crippen molar-refractivity contribution in [1.82, 2.24) is 10.3 Å². The molecular weight excluding hydrogens is 330 g/mol. The van der Waals surface area contributed by atoms with E-state index in [0.717, 1.165) is 19.5 Å². The van der Waals surface area contributed by atoms with E-state index in [0.29, 0.717) is 24.1 Å². The Balaban J connectivity index is 1.69. The van der Waals surface area contributed by atoms with E-state index < -0.39 is 5.97 Å². The number of nitrogens with zero attached hydrogens (tertiary/aromatic N) is 2. The fourth-order valence-electron chi connectivity index (χ4n) is 4.34. The minimum absolute atomic E-state index is 0.0476. The Morgan fingerprint density at radius 1 is 1.08 bits per heavy atom. The Labute approximate surface area is 155 Å². The van der Waals surface area contributed by atoms with E-state index in [-0.39, 0.29) is 12.5 Å². The van der Waals surface area contributed by atoms with Gasteiger partial charge in [0.25, 0.3) is 0 Å². The van der Waals surface area contributed by atoms with Gasteiger partial charge in [0, 0.05) is 12.5 Å². The zero-order valence-corrected chi connectivity index (χ0v) is 15.3. The van der Waals surface area contributed by atoms with E-state index in [1.807, 2.05) is 30.3 Å². The van der Waals surface area contributed by atoms with Gasteiger partial charge < -0.3 is 10.0 Å². The molecule has 1 aliphatic carbocycles. The highest BCUT2D eigenvalue weighted by atomic mass is 16.4. The van der Waals surface area contributed by atoms with Gasteiger partial charge in [0.05, 0.1) is 5.69 Å². The summed E-state index contributed by atoms with van der Waals surface area (Å²) in [5.41, 5.74) is 3.47. The SMILES string of the molecule is O=C(O)CNN(C(=O)CC1CCCCC1N1CCCC1)c1ccccc1. The molecule has 3 rings (SSSR count). The number of amides is 1. The molecule has 0 radical (unpaired) electrons. The van der Waals surface area contributed by atoms with Crippen molar-refractivity contribution in [2.45, 2.75) is 51.0 Å². The van der Waals surface area contributed by atoms with Crippen LogP contribution >= 0.6 is 0 Å². The van der Waals surface area contributed by atoms with Crippen molar-refractivity contribution in [1.29, 1.82) is 0 Å². The third-order valence-corrected chi connectivity index (χ3v) is 5.57. The lowest BCUT2D eigenvalue weighted by Crippen LogP contribution is -2.48. The number of rotatable bonds is 7. The average molecular weight is 359 g/mol. The number of hydrazine groups is 1. The first-order valence-corrected chi connectivity index (χ1v) is 9.72. The minimum Gasteiger partial charge on any atom is -0.480 e. The third kappa shape index (κ3) is 4.83. The van der Waals surface area contributed by atoms with Gasteiger partial charge in [-0.15, -0.1) is 0 Å². The maximum absolute atomic E-state index is 13.0. The molecule has 2 N–H and O–H groups in total. The van der Waals surface area contributed by atoms with Gasteiger partial charge in [-0.3, -0.25) is 9.59 Å². The van der Waals surface area contributed by atoms with Crippen LogP contribution in [-0.4, -0.2) is 47.6 Å². The first kappa shape index (κ1) is 18.9. The first-order valence-electron chi connectivity index (χ1n) is 9.72. The Hall–Kier alpha value is -1.92. The molecule has 1 saturated heterocycles. The van der Waals surface area contributed by atoms with Crippen LogP contribution in [0.1, 0.15) is 44.9 Å². The summed E-state index contributed by atoms with van der Waals surface area (Å²) < 4.78 is 0. The van der Waals surface area contributed by atoms with E-state index in [9.17, 15) is 9.59 Å². The van der Waals surface area contributed by atoms with Crippen LogP contribution in [0.2, 0.25) is 0 Å². The molecule has 2 aliphatic rings. The van der Waals surface area contributed by atoms with Crippen molar-refractivity contribution in [2.24, 2.45) is 5.92 Å². The van der Waals surface area contributed by atoms with Gasteiger partial charge in [0.1, 0.15) is 6.54 Å². The van der Waals surface area contributed by atoms with E-state index in [1.54, 1.807) is 0 Å². The monoisotopic (exact) mass is 359 g/mol. The van der Waals surface area contributed by atoms with Gasteiger partial charge in [-0.05, 0) is 56.8 Å². The zero-order chi connectivity index (χ0) is 18.4. The molecule has 1 aromatic carbocycles. The van der Waals surface area contributed by atoms with Crippen LogP contribution in [0, 0.1) is 5.92 Å². The molecule has 6 heteroatoms. The number of carboxylic acids is 1. The Morgan fingerprint density at radius 3 is 2.46 bits per heavy atom. The molecule has 0 aromatic heterocycles. The van der Waals surface area contributed by atoms with Gasteiger partial charge in [-0.1, -0.05) is 31.0 Å². The second-order valence-corrected chi connectivity index (χ2v) is 7.35. The highest BCUT2D eigenvalue weighted by Crippen LogP contribution is 2.33. The molecular formula is C20H29N3O3. The van der Waals surface area contributed by atoms with E-state index >= 15 is 0 Å². The van der Waals surface area contributed by atoms with Crippen molar-refractivity contribution in [3.8, 4) is 0 Å². The summed E-state index contributed by atoms with van der Waals surface area (Å²) in [5.74, 6) is -0.674. The second-order valence-electron chi connectivity index (χ2n) is 7.35. The van der Waals surface area contributed by atoms with Gasteiger partial charge >= 0.3 is 5.97 Å². The molecule has 2 fully saturated rings. The van der Waals surface area contributed by atoms with E-state index in [4.69, 9.17) is 5.11 Å². The van der Waals surface area contributed by atoms with Crippen LogP contribution in [0.4, 0.5) is 5.69 Å². The lowest BCUT2D eigenvalue weighted by molar-refractivity contribution is -0.136. The third-order valence-electron chi connectivity index (χ3n) is 5.57. The van der Waals surface area contributed by atoms with Crippen molar-refractivity contribution in [3.63, 3.8) is 0 Å². The van der Waals surface area contributed by atoms with E-state index in [2.05, 4.69) is 10.3 Å². The highest BCUT2D eigenvalue weighted by molar-refractivity contribution is 5.93. The van der Waals surface area contributed by atoms with Crippen LogP contribution in [0.15, 0.2) is 30.3 Å². The van der Waals surface area contributed by atoms with Crippen LogP contribution in [0.3, 0.4) is 0 Å². The van der Waals surface area contributed by atoms with Crippen molar-refractivity contribution in [2.75, 3.05) is 24.6 Å². The van der Waals surface area contributed by atoms with Crippen LogP contribution in [0.5, 0.6) is 0 Å². The van der Waals surface area contributed by atoms with Crippen molar-refractivity contribution >= 4 is 17.6 Å². The molecule has 2 atom stereocenters. The number of carbonyl (C=O) groups excluding carboxylic acids is 1. The van der Waals surface area contributed by atoms with Crippen LogP contribution in [0.25, 0.3) is 0 Å². The number of hydrogen-bond acceptors (Lipinski definition) is 4. The lowest BCUT2D eigenvalue weighted by atomic mass is 9.81. The van der Waals surface area contributed by atoms with Crippen LogP contribution < -0.4 is 10.4 Å². The average Bonchev–Trinajstić information content (AvgIpc) is 3.17. The lowest BCUT2D eigenvalue weighted by Gasteiger charge is -2.38. The summed E-state index contributed by atoms with van der Waals surface area (Å²) in [5, 5.41) is 10.4. The highest BCUT2D eigenvalue weighted by Gasteiger charge is 2.34. The van der Waals surface area contributed by atoms with Crippen molar-refractivity contribution < 1.29 is 14.7 Å². The fraction of sp³-hybridized carbons (Fsp3) is 0.600. The topological polar surface area (TPSA) is 72.9 Å². The maximum Gasteiger partial charge on any atom is 0.319 e. The Bertz CT molecular complexity index is 602. The molecule has 1 saturated carbocycles. The van der Waals surface area contributed by atoms with Crippen molar-refractivity contribution in [3.05, 3.63) is 30.3 Å². The standard InChI is InChI=1S/C20H29N3O3/c24-19(23(21-15-20(25)26)17-9-2-1-3-10-17)14-16-8-4-5-11-18(16)22-12-6-7-13-22/h1-3,9-10,16,18,21H,4-8,11-15H2,(H,25,26). The summed E-state index contributed by atoms with van der Waals surface area (Å²) in [4.78, 5) is 26.6. The normalized spacial score (nSPS) is 23.7. The number of carboxylic acid groups (broad SMARTS) is 1. The number of likely N-dealkylation sites (tertiary alicyclic amines) is 1. The summed E-state index contributed by atoms with van der Waals surface area (Å²) >= 11 is 0. The second kappa shape index (κ2) is 9.14. The summed E-state index contributed by atoms with van der Waals surface area (Å²) in [6.07, 6.45) is 7.64. The number of nitrogens with one attached hydrogen (secondary N) is 1. The summed E-state index contributed by atoms with van der Waals surface area (Å²) in [7, 11) is 0. The largest absolute Gasteiger partial charge is 0.480 e. The maximum atomic E-state index is 13.0. The van der Waals surface area contributed by atoms with Crippen LogP contribution in [-0.2, 0) is 9.59 Å². The smallest absolute Gasteiger partial charge is 0.319 e.